The zero-order valence-electron chi connectivity index (χ0n) is 19.4. The molecule has 5 rings (SSSR count). The maximum Gasteiger partial charge on any atom is 0.416 e. The number of aromatic nitrogens is 3. The second kappa shape index (κ2) is 8.37. The van der Waals surface area contributed by atoms with Crippen LogP contribution in [0.4, 0.5) is 13.2 Å². The van der Waals surface area contributed by atoms with Gasteiger partial charge in [-0.3, -0.25) is 9.59 Å². The van der Waals surface area contributed by atoms with E-state index in [0.29, 0.717) is 49.4 Å². The summed E-state index contributed by atoms with van der Waals surface area (Å²) >= 11 is 0. The second-order valence-electron chi connectivity index (χ2n) is 9.32. The third kappa shape index (κ3) is 4.27. The van der Waals surface area contributed by atoms with Gasteiger partial charge in [0.05, 0.1) is 29.3 Å². The summed E-state index contributed by atoms with van der Waals surface area (Å²) in [6, 6.07) is 8.34. The van der Waals surface area contributed by atoms with Crippen molar-refractivity contribution in [1.82, 2.24) is 19.0 Å². The summed E-state index contributed by atoms with van der Waals surface area (Å²) < 4.78 is 48.1. The van der Waals surface area contributed by atoms with Crippen LogP contribution in [0.3, 0.4) is 0 Å². The summed E-state index contributed by atoms with van der Waals surface area (Å²) in [7, 11) is 0. The average Bonchev–Trinajstić information content (AvgIpc) is 3.42. The number of ether oxygens (including phenoxy) is 1. The summed E-state index contributed by atoms with van der Waals surface area (Å²) in [5.74, 6) is -0.242. The first-order valence-electron chi connectivity index (χ1n) is 11.4. The molecular weight excluding hydrogens is 461 g/mol. The maximum absolute atomic E-state index is 13.2. The topological polar surface area (TPSA) is 69.4 Å². The minimum absolute atomic E-state index is 0.242. The number of benzene rings is 1. The number of hydrogen-bond acceptors (Lipinski definition) is 4. The smallest absolute Gasteiger partial charge is 0.366 e. The standard InChI is InChI=1S/C25H25F3N4O3/c1-16-13-31(15-29-16)20-7-8-21-22(33)30(11-12-32(21)23(20)34)14-19-9-10-24(2,35-19)17-3-5-18(6-4-17)25(26,27)28/h3-8,13,15,19H,9-12,14H2,1-2H3. The molecule has 1 amide bonds. The van der Waals surface area contributed by atoms with Gasteiger partial charge in [-0.1, -0.05) is 12.1 Å². The van der Waals surface area contributed by atoms with Crippen molar-refractivity contribution < 1.29 is 22.7 Å². The summed E-state index contributed by atoms with van der Waals surface area (Å²) in [5, 5.41) is 0. The second-order valence-corrected chi connectivity index (χ2v) is 9.32. The molecular formula is C25H25F3N4O3. The number of pyridine rings is 1. The van der Waals surface area contributed by atoms with Crippen LogP contribution in [0, 0.1) is 6.92 Å². The van der Waals surface area contributed by atoms with Crippen molar-refractivity contribution in [3.05, 3.63) is 81.8 Å². The van der Waals surface area contributed by atoms with E-state index in [2.05, 4.69) is 4.98 Å². The third-order valence-electron chi connectivity index (χ3n) is 6.86. The first-order chi connectivity index (χ1) is 16.5. The van der Waals surface area contributed by atoms with Crippen LogP contribution in [0.1, 0.15) is 47.1 Å². The van der Waals surface area contributed by atoms with Gasteiger partial charge in [0, 0.05) is 25.8 Å². The highest BCUT2D eigenvalue weighted by Gasteiger charge is 2.40. The van der Waals surface area contributed by atoms with Gasteiger partial charge >= 0.3 is 6.18 Å². The van der Waals surface area contributed by atoms with Crippen LogP contribution in [0.15, 0.2) is 53.7 Å². The number of alkyl halides is 3. The molecule has 35 heavy (non-hydrogen) atoms. The quantitative estimate of drug-likeness (QED) is 0.561. The lowest BCUT2D eigenvalue weighted by Crippen LogP contribution is -2.47. The Hall–Kier alpha value is -3.40. The summed E-state index contributed by atoms with van der Waals surface area (Å²) in [6.07, 6.45) is -0.00362. The molecule has 1 aromatic carbocycles. The molecule has 7 nitrogen and oxygen atoms in total. The number of nitrogens with zero attached hydrogens (tertiary/aromatic N) is 4. The molecule has 1 saturated heterocycles. The molecule has 1 fully saturated rings. The van der Waals surface area contributed by atoms with Gasteiger partial charge in [0.25, 0.3) is 11.5 Å². The molecule has 0 spiro atoms. The zero-order chi connectivity index (χ0) is 25.0. The van der Waals surface area contributed by atoms with Crippen LogP contribution < -0.4 is 5.56 Å². The van der Waals surface area contributed by atoms with Crippen molar-refractivity contribution in [2.24, 2.45) is 0 Å². The SMILES string of the molecule is Cc1cn(-c2ccc3n(c2=O)CCN(CC2CCC(C)(c4ccc(C(F)(F)F)cc4)O2)C3=O)cn1. The molecule has 2 atom stereocenters. The lowest BCUT2D eigenvalue weighted by Gasteiger charge is -2.32. The van der Waals surface area contributed by atoms with Crippen molar-refractivity contribution >= 4 is 5.91 Å². The predicted molar refractivity (Wildman–Crippen MR) is 121 cm³/mol. The highest BCUT2D eigenvalue weighted by atomic mass is 19.4. The van der Waals surface area contributed by atoms with Crippen LogP contribution in [0.2, 0.25) is 0 Å². The molecule has 2 aliphatic rings. The van der Waals surface area contributed by atoms with Gasteiger partial charge in [0.1, 0.15) is 11.4 Å². The fourth-order valence-corrected chi connectivity index (χ4v) is 4.90. The molecule has 10 heteroatoms. The van der Waals surface area contributed by atoms with E-state index >= 15 is 0 Å². The number of rotatable bonds is 4. The minimum atomic E-state index is -4.39. The third-order valence-corrected chi connectivity index (χ3v) is 6.86. The summed E-state index contributed by atoms with van der Waals surface area (Å²) in [5.41, 5.74) is 0.553. The van der Waals surface area contributed by atoms with Crippen molar-refractivity contribution in [2.45, 2.75) is 51.1 Å². The molecule has 4 heterocycles. The van der Waals surface area contributed by atoms with Gasteiger partial charge in [-0.15, -0.1) is 0 Å². The van der Waals surface area contributed by atoms with E-state index in [1.54, 1.807) is 34.1 Å². The highest BCUT2D eigenvalue weighted by molar-refractivity contribution is 5.93. The Morgan fingerprint density at radius 1 is 1.11 bits per heavy atom. The summed E-state index contributed by atoms with van der Waals surface area (Å²) in [6.45, 7) is 4.79. The van der Waals surface area contributed by atoms with Gasteiger partial charge in [-0.25, -0.2) is 4.98 Å². The van der Waals surface area contributed by atoms with Crippen molar-refractivity contribution in [3.8, 4) is 5.69 Å². The van der Waals surface area contributed by atoms with Crippen LogP contribution in [0.25, 0.3) is 5.69 Å². The molecule has 0 N–H and O–H groups in total. The number of halogens is 3. The number of carbonyl (C=O) groups is 1. The van der Waals surface area contributed by atoms with Crippen LogP contribution in [0.5, 0.6) is 0 Å². The first kappa shape index (κ1) is 23.3. The number of carbonyl (C=O) groups excluding carboxylic acids is 1. The minimum Gasteiger partial charge on any atom is -0.366 e. The Morgan fingerprint density at radius 3 is 2.51 bits per heavy atom. The fraction of sp³-hybridized carbons (Fsp3) is 0.400. The molecule has 3 aromatic rings. The van der Waals surface area contributed by atoms with Gasteiger partial charge in [-0.05, 0) is 56.5 Å². The molecule has 0 saturated carbocycles. The van der Waals surface area contributed by atoms with E-state index in [9.17, 15) is 22.8 Å². The Balaban J connectivity index is 1.29. The van der Waals surface area contributed by atoms with Gasteiger partial charge in [-0.2, -0.15) is 13.2 Å². The molecule has 184 valence electrons. The van der Waals surface area contributed by atoms with E-state index < -0.39 is 17.3 Å². The van der Waals surface area contributed by atoms with E-state index in [0.717, 1.165) is 17.8 Å². The number of fused-ring (bicyclic) bond motifs is 1. The van der Waals surface area contributed by atoms with Gasteiger partial charge in [0.15, 0.2) is 0 Å². The fourth-order valence-electron chi connectivity index (χ4n) is 4.90. The van der Waals surface area contributed by atoms with Crippen molar-refractivity contribution in [3.63, 3.8) is 0 Å². The lowest BCUT2D eigenvalue weighted by molar-refractivity contribution is -0.137. The van der Waals surface area contributed by atoms with E-state index in [4.69, 9.17) is 4.74 Å². The van der Waals surface area contributed by atoms with Crippen LogP contribution in [-0.4, -0.2) is 44.1 Å². The predicted octanol–water partition coefficient (Wildman–Crippen LogP) is 3.91. The number of hydrogen-bond donors (Lipinski definition) is 0. The van der Waals surface area contributed by atoms with Gasteiger partial charge < -0.3 is 18.8 Å². The van der Waals surface area contributed by atoms with Crippen LogP contribution in [-0.2, 0) is 23.1 Å². The monoisotopic (exact) mass is 486 g/mol. The summed E-state index contributed by atoms with van der Waals surface area (Å²) in [4.78, 5) is 32.0. The maximum atomic E-state index is 13.2. The van der Waals surface area contributed by atoms with Crippen molar-refractivity contribution in [1.29, 1.82) is 0 Å². The molecule has 0 bridgehead atoms. The Morgan fingerprint density at radius 2 is 1.86 bits per heavy atom. The largest absolute Gasteiger partial charge is 0.416 e. The molecule has 2 aliphatic heterocycles. The number of amides is 1. The van der Waals surface area contributed by atoms with E-state index in [1.807, 2.05) is 13.8 Å². The van der Waals surface area contributed by atoms with E-state index in [1.165, 1.54) is 16.7 Å². The zero-order valence-corrected chi connectivity index (χ0v) is 19.4. The number of imidazole rings is 1. The van der Waals surface area contributed by atoms with Crippen LogP contribution >= 0.6 is 0 Å². The van der Waals surface area contributed by atoms with E-state index in [-0.39, 0.29) is 17.6 Å². The Bertz CT molecular complexity index is 1330. The molecule has 0 radical (unpaired) electrons. The average molecular weight is 486 g/mol. The Labute approximate surface area is 199 Å². The molecule has 2 aromatic heterocycles. The molecule has 2 unspecified atom stereocenters. The first-order valence-corrected chi connectivity index (χ1v) is 11.4. The molecule has 0 aliphatic carbocycles. The van der Waals surface area contributed by atoms with Crippen molar-refractivity contribution in [2.75, 3.05) is 13.1 Å². The highest BCUT2D eigenvalue weighted by Crippen LogP contribution is 2.40. The Kier molecular flexibility index (Phi) is 5.58. The van der Waals surface area contributed by atoms with Gasteiger partial charge in [0.2, 0.25) is 0 Å². The number of aryl methyl sites for hydroxylation is 1. The normalized spacial score (nSPS) is 22.5. The lowest BCUT2D eigenvalue weighted by atomic mass is 9.92.